The molecule has 0 aromatic heterocycles. The summed E-state index contributed by atoms with van der Waals surface area (Å²) in [6.07, 6.45) is 7.27. The van der Waals surface area contributed by atoms with Crippen molar-refractivity contribution in [2.24, 2.45) is 0 Å². The zero-order valence-corrected chi connectivity index (χ0v) is 17.5. The summed E-state index contributed by atoms with van der Waals surface area (Å²) in [5.41, 5.74) is 8.51. The highest BCUT2D eigenvalue weighted by Gasteiger charge is 2.45. The second kappa shape index (κ2) is 11.8. The van der Waals surface area contributed by atoms with E-state index < -0.39 is 8.32 Å². The summed E-state index contributed by atoms with van der Waals surface area (Å²) in [5, 5.41) is 0. The van der Waals surface area contributed by atoms with Gasteiger partial charge in [0.1, 0.15) is 13.2 Å². The first-order chi connectivity index (χ1) is 13.3. The van der Waals surface area contributed by atoms with E-state index in [1.165, 1.54) is 12.8 Å². The molecule has 1 aromatic rings. The molecule has 4 heteroatoms. The summed E-state index contributed by atoms with van der Waals surface area (Å²) in [4.78, 5) is 0. The van der Waals surface area contributed by atoms with Gasteiger partial charge in [-0.1, -0.05) is 72.2 Å². The number of ether oxygens (including phenoxy) is 2. The SMILES string of the molecule is C=CCC(O[Si](C#CCOC)(C#CCOC)C1CCCC1)c1ccccc1. The molecule has 0 amide bonds. The van der Waals surface area contributed by atoms with E-state index in [-0.39, 0.29) is 6.10 Å². The molecule has 0 saturated heterocycles. The number of hydrogen-bond donors (Lipinski definition) is 0. The maximum absolute atomic E-state index is 6.85. The predicted molar refractivity (Wildman–Crippen MR) is 112 cm³/mol. The molecule has 1 fully saturated rings. The lowest BCUT2D eigenvalue weighted by Gasteiger charge is -2.31. The Labute approximate surface area is 165 Å². The zero-order chi connectivity index (χ0) is 19.4. The first-order valence-corrected chi connectivity index (χ1v) is 11.6. The molecule has 0 heterocycles. The van der Waals surface area contributed by atoms with Crippen molar-refractivity contribution in [3.8, 4) is 22.9 Å². The van der Waals surface area contributed by atoms with Gasteiger partial charge in [0.25, 0.3) is 0 Å². The summed E-state index contributed by atoms with van der Waals surface area (Å²) >= 11 is 0. The van der Waals surface area contributed by atoms with Gasteiger partial charge in [0.2, 0.25) is 0 Å². The van der Waals surface area contributed by atoms with E-state index in [1.807, 2.05) is 24.3 Å². The normalized spacial score (nSPS) is 15.3. The number of hydrogen-bond acceptors (Lipinski definition) is 3. The third-order valence-electron chi connectivity index (χ3n) is 4.79. The molecule has 1 atom stereocenters. The van der Waals surface area contributed by atoms with Crippen molar-refractivity contribution in [2.75, 3.05) is 27.4 Å². The molecule has 1 aliphatic carbocycles. The van der Waals surface area contributed by atoms with E-state index in [0.29, 0.717) is 18.8 Å². The molecular formula is C23H30O3Si. The van der Waals surface area contributed by atoms with Crippen LogP contribution in [-0.2, 0) is 13.9 Å². The summed E-state index contributed by atoms with van der Waals surface area (Å²) in [5.74, 6) is 6.35. The van der Waals surface area contributed by atoms with Gasteiger partial charge in [-0.25, -0.2) is 0 Å². The van der Waals surface area contributed by atoms with Gasteiger partial charge in [-0.05, 0) is 24.8 Å². The van der Waals surface area contributed by atoms with Crippen molar-refractivity contribution < 1.29 is 13.9 Å². The molecule has 1 aromatic carbocycles. The number of methoxy groups -OCH3 is 2. The lowest BCUT2D eigenvalue weighted by Crippen LogP contribution is -2.42. The van der Waals surface area contributed by atoms with E-state index in [4.69, 9.17) is 13.9 Å². The van der Waals surface area contributed by atoms with E-state index in [0.717, 1.165) is 24.8 Å². The number of rotatable bonds is 8. The van der Waals surface area contributed by atoms with Crippen LogP contribution in [0.15, 0.2) is 43.0 Å². The fraction of sp³-hybridized carbons (Fsp3) is 0.478. The van der Waals surface area contributed by atoms with Gasteiger partial charge in [0.05, 0.1) is 6.10 Å². The molecule has 0 aliphatic heterocycles. The van der Waals surface area contributed by atoms with Gasteiger partial charge in [-0.3, -0.25) is 0 Å². The Morgan fingerprint density at radius 2 is 1.67 bits per heavy atom. The second-order valence-corrected chi connectivity index (χ2v) is 9.75. The van der Waals surface area contributed by atoms with Gasteiger partial charge in [0, 0.05) is 19.8 Å². The standard InChI is InChI=1S/C23H30O3Si/c1-4-12-23(21-13-6-5-7-14-21)26-27(19-10-17-24-2,20-11-18-25-3)22-15-8-9-16-22/h4-7,13-14,22-23H,1,8-9,12,15-18H2,2-3H3. The fourth-order valence-electron chi connectivity index (χ4n) is 3.50. The van der Waals surface area contributed by atoms with Crippen LogP contribution in [0.2, 0.25) is 5.54 Å². The minimum atomic E-state index is -2.65. The first kappa shape index (κ1) is 21.5. The van der Waals surface area contributed by atoms with E-state index >= 15 is 0 Å². The van der Waals surface area contributed by atoms with Gasteiger partial charge in [0.15, 0.2) is 0 Å². The van der Waals surface area contributed by atoms with Crippen molar-refractivity contribution in [3.05, 3.63) is 48.6 Å². The minimum Gasteiger partial charge on any atom is -0.389 e. The highest BCUT2D eigenvalue weighted by atomic mass is 28.4. The lowest BCUT2D eigenvalue weighted by atomic mass is 10.1. The van der Waals surface area contributed by atoms with Crippen LogP contribution in [0, 0.1) is 22.9 Å². The molecule has 0 bridgehead atoms. The second-order valence-electron chi connectivity index (χ2n) is 6.73. The Balaban J connectivity index is 2.42. The van der Waals surface area contributed by atoms with Gasteiger partial charge < -0.3 is 13.9 Å². The average Bonchev–Trinajstić information content (AvgIpc) is 3.24. The molecular weight excluding hydrogens is 352 g/mol. The van der Waals surface area contributed by atoms with Crippen LogP contribution in [0.3, 0.4) is 0 Å². The Hall–Kier alpha value is -1.82. The fourth-order valence-corrected chi connectivity index (χ4v) is 6.85. The van der Waals surface area contributed by atoms with Crippen LogP contribution in [0.1, 0.15) is 43.8 Å². The molecule has 0 N–H and O–H groups in total. The lowest BCUT2D eigenvalue weighted by molar-refractivity contribution is 0.200. The molecule has 0 spiro atoms. The molecule has 2 rings (SSSR count). The zero-order valence-electron chi connectivity index (χ0n) is 16.5. The quantitative estimate of drug-likeness (QED) is 0.374. The van der Waals surface area contributed by atoms with Crippen molar-refractivity contribution in [1.82, 2.24) is 0 Å². The monoisotopic (exact) mass is 382 g/mol. The molecule has 3 nitrogen and oxygen atoms in total. The Morgan fingerprint density at radius 3 is 2.19 bits per heavy atom. The smallest absolute Gasteiger partial charge is 0.357 e. The van der Waals surface area contributed by atoms with Crippen LogP contribution >= 0.6 is 0 Å². The van der Waals surface area contributed by atoms with E-state index in [2.05, 4.69) is 41.6 Å². The molecule has 144 valence electrons. The predicted octanol–water partition coefficient (Wildman–Crippen LogP) is 4.59. The number of benzene rings is 1. The van der Waals surface area contributed by atoms with Crippen LogP contribution in [0.4, 0.5) is 0 Å². The Morgan fingerprint density at radius 1 is 1.07 bits per heavy atom. The van der Waals surface area contributed by atoms with E-state index in [9.17, 15) is 0 Å². The van der Waals surface area contributed by atoms with Crippen LogP contribution < -0.4 is 0 Å². The van der Waals surface area contributed by atoms with Crippen LogP contribution in [0.5, 0.6) is 0 Å². The third kappa shape index (κ3) is 6.38. The molecule has 27 heavy (non-hydrogen) atoms. The maximum atomic E-state index is 6.85. The van der Waals surface area contributed by atoms with Gasteiger partial charge in [-0.15, -0.1) is 6.58 Å². The Bertz CT molecular complexity index is 663. The Kier molecular flexibility index (Phi) is 9.39. The van der Waals surface area contributed by atoms with Gasteiger partial charge in [-0.2, -0.15) is 0 Å². The van der Waals surface area contributed by atoms with Crippen molar-refractivity contribution in [2.45, 2.75) is 43.7 Å². The van der Waals surface area contributed by atoms with Crippen molar-refractivity contribution >= 4 is 8.32 Å². The van der Waals surface area contributed by atoms with Crippen LogP contribution in [0.25, 0.3) is 0 Å². The summed E-state index contributed by atoms with van der Waals surface area (Å²) in [7, 11) is 0.674. The average molecular weight is 383 g/mol. The molecule has 0 radical (unpaired) electrons. The largest absolute Gasteiger partial charge is 0.389 e. The first-order valence-electron chi connectivity index (χ1n) is 9.57. The topological polar surface area (TPSA) is 27.7 Å². The molecule has 1 saturated carbocycles. The van der Waals surface area contributed by atoms with Crippen LogP contribution in [-0.4, -0.2) is 35.8 Å². The summed E-state index contributed by atoms with van der Waals surface area (Å²) < 4.78 is 17.2. The summed E-state index contributed by atoms with van der Waals surface area (Å²) in [6.45, 7) is 4.72. The summed E-state index contributed by atoms with van der Waals surface area (Å²) in [6, 6.07) is 10.3. The molecule has 1 aliphatic rings. The molecule has 1 unspecified atom stereocenters. The minimum absolute atomic E-state index is 0.0790. The highest BCUT2D eigenvalue weighted by molar-refractivity contribution is 6.90. The van der Waals surface area contributed by atoms with Crippen molar-refractivity contribution in [1.29, 1.82) is 0 Å². The van der Waals surface area contributed by atoms with Crippen molar-refractivity contribution in [3.63, 3.8) is 0 Å². The van der Waals surface area contributed by atoms with E-state index in [1.54, 1.807) is 14.2 Å². The highest BCUT2D eigenvalue weighted by Crippen LogP contribution is 2.41. The third-order valence-corrected chi connectivity index (χ3v) is 8.27. The maximum Gasteiger partial charge on any atom is 0.357 e. The van der Waals surface area contributed by atoms with Gasteiger partial charge >= 0.3 is 8.32 Å².